The molecule has 0 unspecified atom stereocenters. The number of aryl methyl sites for hydroxylation is 1. The molecule has 0 aliphatic carbocycles. The van der Waals surface area contributed by atoms with E-state index in [0.29, 0.717) is 0 Å². The van der Waals surface area contributed by atoms with Crippen molar-refractivity contribution in [3.63, 3.8) is 0 Å². The zero-order valence-corrected chi connectivity index (χ0v) is 20.9. The Kier molecular flexibility index (Phi) is 5.15. The lowest BCUT2D eigenvalue weighted by molar-refractivity contribution is 0.483. The Morgan fingerprint density at radius 1 is 0.750 bits per heavy atom. The second kappa shape index (κ2) is 8.38. The van der Waals surface area contributed by atoms with E-state index in [2.05, 4.69) is 79.0 Å². The van der Waals surface area contributed by atoms with Gasteiger partial charge in [0.2, 0.25) is 0 Å². The van der Waals surface area contributed by atoms with Crippen molar-refractivity contribution in [3.8, 4) is 23.0 Å². The van der Waals surface area contributed by atoms with Gasteiger partial charge in [0.25, 0.3) is 0 Å². The fraction of sp³-hybridized carbons (Fsp3) is 0.161. The molecular formula is C31H28N4O. The molecule has 3 aromatic heterocycles. The lowest BCUT2D eigenvalue weighted by Crippen LogP contribution is -2.12. The Bertz CT molecular complexity index is 1720. The van der Waals surface area contributed by atoms with Crippen LogP contribution in [0.25, 0.3) is 33.3 Å². The molecule has 3 heterocycles. The molecule has 5 heteroatoms. The molecule has 6 aromatic rings. The van der Waals surface area contributed by atoms with E-state index >= 15 is 0 Å². The quantitative estimate of drug-likeness (QED) is 0.263. The number of aromatic nitrogens is 4. The number of ether oxygens (including phenoxy) is 1. The molecule has 0 N–H and O–H groups in total. The van der Waals surface area contributed by atoms with Crippen LogP contribution in [0.5, 0.6) is 11.5 Å². The molecule has 0 fully saturated rings. The molecule has 6 rings (SSSR count). The normalized spacial score (nSPS) is 11.9. The van der Waals surface area contributed by atoms with Crippen LogP contribution in [-0.4, -0.2) is 19.3 Å². The summed E-state index contributed by atoms with van der Waals surface area (Å²) < 4.78 is 10.4. The summed E-state index contributed by atoms with van der Waals surface area (Å²) in [7, 11) is 0. The molecule has 0 saturated heterocycles. The Labute approximate surface area is 210 Å². The first-order chi connectivity index (χ1) is 17.4. The van der Waals surface area contributed by atoms with Crippen LogP contribution >= 0.6 is 0 Å². The summed E-state index contributed by atoms with van der Waals surface area (Å²) in [6, 6.07) is 29.0. The molecule has 0 spiro atoms. The van der Waals surface area contributed by atoms with Crippen molar-refractivity contribution in [3.05, 3.63) is 109 Å². The van der Waals surface area contributed by atoms with E-state index in [0.717, 1.165) is 39.7 Å². The summed E-state index contributed by atoms with van der Waals surface area (Å²) in [6.45, 7) is 8.66. The zero-order chi connectivity index (χ0) is 24.9. The third-order valence-electron chi connectivity index (χ3n) is 6.53. The molecule has 36 heavy (non-hydrogen) atoms. The average Bonchev–Trinajstić information content (AvgIpc) is 3.45. The van der Waals surface area contributed by atoms with Crippen molar-refractivity contribution < 1.29 is 4.74 Å². The summed E-state index contributed by atoms with van der Waals surface area (Å²) in [6.07, 6.45) is 3.86. The number of para-hydroxylation sites is 1. The highest BCUT2D eigenvalue weighted by Gasteiger charge is 2.18. The highest BCUT2D eigenvalue weighted by Crippen LogP contribution is 2.35. The number of fused-ring (bicyclic) bond motifs is 3. The van der Waals surface area contributed by atoms with Gasteiger partial charge in [-0.05, 0) is 66.4 Å². The Morgan fingerprint density at radius 2 is 1.56 bits per heavy atom. The van der Waals surface area contributed by atoms with Crippen LogP contribution < -0.4 is 4.74 Å². The van der Waals surface area contributed by atoms with Crippen molar-refractivity contribution >= 4 is 21.8 Å². The molecule has 0 atom stereocenters. The average molecular weight is 473 g/mol. The first kappa shape index (κ1) is 22.1. The predicted octanol–water partition coefficient (Wildman–Crippen LogP) is 7.76. The maximum Gasteiger partial charge on any atom is 0.137 e. The third-order valence-corrected chi connectivity index (χ3v) is 6.53. The summed E-state index contributed by atoms with van der Waals surface area (Å²) in [5, 5.41) is 6.88. The van der Waals surface area contributed by atoms with Crippen LogP contribution in [-0.2, 0) is 5.41 Å². The van der Waals surface area contributed by atoms with E-state index in [1.165, 1.54) is 16.3 Å². The molecule has 0 saturated carbocycles. The Morgan fingerprint density at radius 3 is 2.36 bits per heavy atom. The SMILES string of the molecule is Cc1ccn(-c2cccc(Oc3ccc4c5ccccc5n(-c5cc(C(C)(C)C)ccn5)c4c3)c2)n1. The summed E-state index contributed by atoms with van der Waals surface area (Å²) in [5.41, 5.74) is 5.40. The number of hydrogen-bond donors (Lipinski definition) is 0. The van der Waals surface area contributed by atoms with Crippen LogP contribution in [0, 0.1) is 6.92 Å². The van der Waals surface area contributed by atoms with Crippen LogP contribution in [0.2, 0.25) is 0 Å². The predicted molar refractivity (Wildman–Crippen MR) is 146 cm³/mol. The molecule has 0 radical (unpaired) electrons. The monoisotopic (exact) mass is 472 g/mol. The summed E-state index contributed by atoms with van der Waals surface area (Å²) >= 11 is 0. The maximum absolute atomic E-state index is 6.35. The van der Waals surface area contributed by atoms with Gasteiger partial charge in [-0.2, -0.15) is 5.10 Å². The number of hydrogen-bond acceptors (Lipinski definition) is 3. The molecule has 3 aromatic carbocycles. The van der Waals surface area contributed by atoms with Crippen molar-refractivity contribution in [1.29, 1.82) is 0 Å². The fourth-order valence-electron chi connectivity index (χ4n) is 4.65. The minimum Gasteiger partial charge on any atom is -0.457 e. The lowest BCUT2D eigenvalue weighted by Gasteiger charge is -2.20. The molecular weight excluding hydrogens is 444 g/mol. The van der Waals surface area contributed by atoms with Crippen molar-refractivity contribution in [2.45, 2.75) is 33.1 Å². The molecule has 0 aliphatic rings. The van der Waals surface area contributed by atoms with Crippen LogP contribution in [0.1, 0.15) is 32.0 Å². The van der Waals surface area contributed by atoms with Crippen LogP contribution in [0.3, 0.4) is 0 Å². The number of rotatable bonds is 4. The highest BCUT2D eigenvalue weighted by molar-refractivity contribution is 6.09. The van der Waals surface area contributed by atoms with Gasteiger partial charge in [0.15, 0.2) is 0 Å². The first-order valence-corrected chi connectivity index (χ1v) is 12.2. The van der Waals surface area contributed by atoms with E-state index in [-0.39, 0.29) is 5.41 Å². The van der Waals surface area contributed by atoms with Gasteiger partial charge in [0.1, 0.15) is 17.3 Å². The van der Waals surface area contributed by atoms with Crippen LogP contribution in [0.4, 0.5) is 0 Å². The number of pyridine rings is 1. The first-order valence-electron chi connectivity index (χ1n) is 12.2. The second-order valence-electron chi connectivity index (χ2n) is 10.2. The molecule has 5 nitrogen and oxygen atoms in total. The van der Waals surface area contributed by atoms with E-state index < -0.39 is 0 Å². The topological polar surface area (TPSA) is 44.9 Å². The minimum atomic E-state index is 0.0306. The maximum atomic E-state index is 6.35. The molecule has 0 bridgehead atoms. The number of benzene rings is 3. The molecule has 0 aliphatic heterocycles. The molecule has 0 amide bonds. The van der Waals surface area contributed by atoms with Crippen LogP contribution in [0.15, 0.2) is 97.3 Å². The van der Waals surface area contributed by atoms with E-state index in [9.17, 15) is 0 Å². The van der Waals surface area contributed by atoms with E-state index in [1.54, 1.807) is 0 Å². The van der Waals surface area contributed by atoms with Gasteiger partial charge in [-0.25, -0.2) is 9.67 Å². The Balaban J connectivity index is 1.47. The number of nitrogens with zero attached hydrogens (tertiary/aromatic N) is 4. The molecule has 178 valence electrons. The van der Waals surface area contributed by atoms with Gasteiger partial charge < -0.3 is 4.74 Å². The van der Waals surface area contributed by atoms with Gasteiger partial charge in [0.05, 0.1) is 22.4 Å². The summed E-state index contributed by atoms with van der Waals surface area (Å²) in [5.74, 6) is 2.43. The van der Waals surface area contributed by atoms with E-state index in [4.69, 9.17) is 9.72 Å². The standard InChI is InChI=1S/C31H28N4O/c1-21-15-17-34(33-21)23-8-7-9-24(19-23)36-25-12-13-27-26-10-5-6-11-28(26)35(29(27)20-25)30-18-22(14-16-32-30)31(2,3)4/h5-20H,1-4H3. The van der Waals surface area contributed by atoms with E-state index in [1.807, 2.05) is 60.4 Å². The zero-order valence-electron chi connectivity index (χ0n) is 20.9. The van der Waals surface area contributed by atoms with Gasteiger partial charge in [-0.1, -0.05) is 45.0 Å². The highest BCUT2D eigenvalue weighted by atomic mass is 16.5. The second-order valence-corrected chi connectivity index (χ2v) is 10.2. The van der Waals surface area contributed by atoms with Crippen molar-refractivity contribution in [2.24, 2.45) is 0 Å². The third kappa shape index (κ3) is 3.93. The minimum absolute atomic E-state index is 0.0306. The lowest BCUT2D eigenvalue weighted by atomic mass is 9.88. The summed E-state index contributed by atoms with van der Waals surface area (Å²) in [4.78, 5) is 4.77. The largest absolute Gasteiger partial charge is 0.457 e. The van der Waals surface area contributed by atoms with Gasteiger partial charge in [0, 0.05) is 35.3 Å². The van der Waals surface area contributed by atoms with Gasteiger partial charge >= 0.3 is 0 Å². The Hall–Kier alpha value is -4.38. The van der Waals surface area contributed by atoms with Gasteiger partial charge in [-0.15, -0.1) is 0 Å². The smallest absolute Gasteiger partial charge is 0.137 e. The van der Waals surface area contributed by atoms with Gasteiger partial charge in [-0.3, -0.25) is 4.57 Å². The van der Waals surface area contributed by atoms with Crippen molar-refractivity contribution in [1.82, 2.24) is 19.3 Å². The fourth-order valence-corrected chi connectivity index (χ4v) is 4.65. The van der Waals surface area contributed by atoms with Crippen molar-refractivity contribution in [2.75, 3.05) is 0 Å².